The Morgan fingerprint density at radius 1 is 1.17 bits per heavy atom. The number of amides is 1. The lowest BCUT2D eigenvalue weighted by molar-refractivity contribution is 0.154. The number of aromatic nitrogens is 5. The number of imidazole rings is 1. The van der Waals surface area contributed by atoms with Crippen molar-refractivity contribution in [2.75, 3.05) is 13.1 Å². The molecule has 1 aromatic carbocycles. The summed E-state index contributed by atoms with van der Waals surface area (Å²) >= 11 is 13.0. The first-order valence-electron chi connectivity index (χ1n) is 11.3. The Morgan fingerprint density at radius 3 is 2.69 bits per heavy atom. The number of likely N-dealkylation sites (tertiary alicyclic amines) is 1. The highest BCUT2D eigenvalue weighted by Gasteiger charge is 2.27. The molecule has 1 atom stereocenters. The zero-order chi connectivity index (χ0) is 25.0. The smallest absolute Gasteiger partial charge is 0.407 e. The van der Waals surface area contributed by atoms with Crippen LogP contribution in [0.5, 0.6) is 0 Å². The van der Waals surface area contributed by atoms with Gasteiger partial charge in [0.15, 0.2) is 0 Å². The summed E-state index contributed by atoms with van der Waals surface area (Å²) in [6.45, 7) is 4.92. The number of fused-ring (bicyclic) bond motifs is 3. The number of halogens is 2. The van der Waals surface area contributed by atoms with Gasteiger partial charge in [0.2, 0.25) is 0 Å². The number of carbonyl (C=O) groups is 1. The van der Waals surface area contributed by atoms with Crippen LogP contribution in [0.4, 0.5) is 4.79 Å². The van der Waals surface area contributed by atoms with Crippen LogP contribution in [-0.4, -0.2) is 53.3 Å². The summed E-state index contributed by atoms with van der Waals surface area (Å²) in [5, 5.41) is 15.6. The normalized spacial score (nSPS) is 15.7. The van der Waals surface area contributed by atoms with Gasteiger partial charge in [-0.3, -0.25) is 14.1 Å². The predicted molar refractivity (Wildman–Crippen MR) is 141 cm³/mol. The summed E-state index contributed by atoms with van der Waals surface area (Å²) in [4.78, 5) is 22.3. The monoisotopic (exact) mass is 518 g/mol. The highest BCUT2D eigenvalue weighted by atomic mass is 35.5. The Bertz CT molecular complexity index is 1650. The molecule has 5 heterocycles. The molecule has 0 aliphatic carbocycles. The molecule has 4 aromatic heterocycles. The van der Waals surface area contributed by atoms with Gasteiger partial charge in [0.25, 0.3) is 0 Å². The largest absolute Gasteiger partial charge is 0.465 e. The number of hydrogen-bond acceptors (Lipinski definition) is 4. The molecule has 0 bridgehead atoms. The highest BCUT2D eigenvalue weighted by molar-refractivity contribution is 6.39. The predicted octanol–water partition coefficient (Wildman–Crippen LogP) is 6.29. The van der Waals surface area contributed by atoms with Crippen molar-refractivity contribution < 1.29 is 9.90 Å². The van der Waals surface area contributed by atoms with Crippen molar-refractivity contribution in [2.45, 2.75) is 12.5 Å². The minimum atomic E-state index is -0.899. The SMILES string of the molecule is C=Cc1c(-c2c(Cl)cccc2Cl)nc2c3cc(-c4cnn([C@H]5CCN(C(=O)O)C5)c4)cnc3ccn12. The maximum atomic E-state index is 11.3. The molecule has 5 aromatic rings. The van der Waals surface area contributed by atoms with Crippen molar-refractivity contribution in [3.05, 3.63) is 77.4 Å². The Labute approximate surface area is 216 Å². The standard InChI is InChI=1S/C26H20Cl2N6O2/c1-2-22-24(23-19(27)4-3-5-20(23)28)31-25-18-10-15(11-29-21(18)7-9-33(22)25)16-12-30-34(13-16)17-6-8-32(14-17)26(35)36/h2-5,7,9-13,17H,1,6,8,14H2,(H,35,36)/t17-/m0/s1. The summed E-state index contributed by atoms with van der Waals surface area (Å²) in [6.07, 6.45) is 9.01. The number of benzene rings is 1. The number of nitrogens with zero attached hydrogens (tertiary/aromatic N) is 6. The van der Waals surface area contributed by atoms with Crippen molar-refractivity contribution in [3.63, 3.8) is 0 Å². The molecular weight excluding hydrogens is 499 g/mol. The maximum absolute atomic E-state index is 11.3. The molecule has 1 aliphatic heterocycles. The molecule has 1 N–H and O–H groups in total. The molecular formula is C26H20Cl2N6O2. The van der Waals surface area contributed by atoms with Crippen molar-refractivity contribution >= 4 is 51.9 Å². The summed E-state index contributed by atoms with van der Waals surface area (Å²) in [6, 6.07) is 9.36. The van der Waals surface area contributed by atoms with Crippen molar-refractivity contribution in [1.29, 1.82) is 0 Å². The van der Waals surface area contributed by atoms with Gasteiger partial charge in [-0.05, 0) is 36.8 Å². The molecule has 1 fully saturated rings. The Kier molecular flexibility index (Phi) is 5.43. The molecule has 0 saturated carbocycles. The summed E-state index contributed by atoms with van der Waals surface area (Å²) < 4.78 is 3.80. The van der Waals surface area contributed by atoms with E-state index in [1.165, 1.54) is 4.90 Å². The van der Waals surface area contributed by atoms with Crippen LogP contribution in [0.1, 0.15) is 18.2 Å². The van der Waals surface area contributed by atoms with Gasteiger partial charge < -0.3 is 10.0 Å². The first-order chi connectivity index (χ1) is 17.4. The average molecular weight is 519 g/mol. The van der Waals surface area contributed by atoms with Crippen molar-refractivity contribution in [3.8, 4) is 22.4 Å². The molecule has 8 nitrogen and oxygen atoms in total. The summed E-state index contributed by atoms with van der Waals surface area (Å²) in [7, 11) is 0. The van der Waals surface area contributed by atoms with Crippen molar-refractivity contribution in [1.82, 2.24) is 29.0 Å². The fourth-order valence-electron chi connectivity index (χ4n) is 4.80. The van der Waals surface area contributed by atoms with Gasteiger partial charge >= 0.3 is 6.09 Å². The van der Waals surface area contributed by atoms with Crippen LogP contribution in [-0.2, 0) is 0 Å². The minimum absolute atomic E-state index is 0.0142. The zero-order valence-electron chi connectivity index (χ0n) is 19.0. The van der Waals surface area contributed by atoms with Gasteiger partial charge in [-0.1, -0.05) is 35.8 Å². The second-order valence-corrected chi connectivity index (χ2v) is 9.51. The first kappa shape index (κ1) is 22.6. The van der Waals surface area contributed by atoms with E-state index in [9.17, 15) is 9.90 Å². The quantitative estimate of drug-likeness (QED) is 0.302. The Morgan fingerprint density at radius 2 is 1.97 bits per heavy atom. The van der Waals surface area contributed by atoms with Crippen LogP contribution in [0, 0.1) is 0 Å². The average Bonchev–Trinajstić information content (AvgIpc) is 3.61. The number of pyridine rings is 2. The molecule has 1 aliphatic rings. The molecule has 10 heteroatoms. The fourth-order valence-corrected chi connectivity index (χ4v) is 5.37. The lowest BCUT2D eigenvalue weighted by Gasteiger charge is -2.12. The third-order valence-electron chi connectivity index (χ3n) is 6.62. The fraction of sp³-hybridized carbons (Fsp3) is 0.154. The van der Waals surface area contributed by atoms with Gasteiger partial charge in [0.05, 0.1) is 39.2 Å². The molecule has 0 unspecified atom stereocenters. The number of hydrogen-bond donors (Lipinski definition) is 1. The molecule has 1 amide bonds. The Balaban J connectivity index is 1.45. The summed E-state index contributed by atoms with van der Waals surface area (Å²) in [5.74, 6) is 0. The van der Waals surface area contributed by atoms with E-state index in [2.05, 4.69) is 16.7 Å². The van der Waals surface area contributed by atoms with Crippen LogP contribution in [0.15, 0.2) is 61.7 Å². The molecule has 6 rings (SSSR count). The van der Waals surface area contributed by atoms with Gasteiger partial charge in [-0.25, -0.2) is 9.78 Å². The van der Waals surface area contributed by atoms with E-state index in [1.807, 2.05) is 39.8 Å². The number of rotatable bonds is 4. The van der Waals surface area contributed by atoms with Gasteiger partial charge in [0, 0.05) is 53.8 Å². The molecule has 0 radical (unpaired) electrons. The number of carboxylic acid groups (broad SMARTS) is 1. The highest BCUT2D eigenvalue weighted by Crippen LogP contribution is 2.38. The molecule has 0 spiro atoms. The van der Waals surface area contributed by atoms with Gasteiger partial charge in [-0.2, -0.15) is 5.10 Å². The first-order valence-corrected chi connectivity index (χ1v) is 12.1. The lowest BCUT2D eigenvalue weighted by atomic mass is 10.1. The molecule has 36 heavy (non-hydrogen) atoms. The second-order valence-electron chi connectivity index (χ2n) is 8.69. The van der Waals surface area contributed by atoms with Crippen LogP contribution >= 0.6 is 23.2 Å². The van der Waals surface area contributed by atoms with Crippen LogP contribution in [0.2, 0.25) is 10.0 Å². The molecule has 1 saturated heterocycles. The van der Waals surface area contributed by atoms with E-state index < -0.39 is 6.09 Å². The van der Waals surface area contributed by atoms with Gasteiger partial charge in [0.1, 0.15) is 5.65 Å². The Hall–Kier alpha value is -3.88. The van der Waals surface area contributed by atoms with Crippen LogP contribution in [0.25, 0.3) is 45.0 Å². The third-order valence-corrected chi connectivity index (χ3v) is 7.25. The van der Waals surface area contributed by atoms with E-state index in [0.29, 0.717) is 40.0 Å². The van der Waals surface area contributed by atoms with E-state index in [4.69, 9.17) is 28.2 Å². The second kappa shape index (κ2) is 8.65. The molecule has 180 valence electrons. The van der Waals surface area contributed by atoms with Crippen LogP contribution in [0.3, 0.4) is 0 Å². The third kappa shape index (κ3) is 3.61. The minimum Gasteiger partial charge on any atom is -0.465 e. The van der Waals surface area contributed by atoms with E-state index in [0.717, 1.165) is 34.1 Å². The van der Waals surface area contributed by atoms with Crippen LogP contribution < -0.4 is 0 Å². The van der Waals surface area contributed by atoms with E-state index >= 15 is 0 Å². The van der Waals surface area contributed by atoms with E-state index in [1.54, 1.807) is 30.5 Å². The van der Waals surface area contributed by atoms with Crippen molar-refractivity contribution in [2.24, 2.45) is 0 Å². The summed E-state index contributed by atoms with van der Waals surface area (Å²) in [5.41, 5.74) is 5.37. The zero-order valence-corrected chi connectivity index (χ0v) is 20.5. The topological polar surface area (TPSA) is 88.5 Å². The van der Waals surface area contributed by atoms with E-state index in [-0.39, 0.29) is 6.04 Å². The lowest BCUT2D eigenvalue weighted by Crippen LogP contribution is -2.27. The van der Waals surface area contributed by atoms with Gasteiger partial charge in [-0.15, -0.1) is 0 Å². The maximum Gasteiger partial charge on any atom is 0.407 e.